The molecule has 1 saturated heterocycles. The Balaban J connectivity index is 0.00000104. The fraction of sp³-hybridized carbons (Fsp3) is 0.588. The number of hydrogen-bond acceptors (Lipinski definition) is 3. The van der Waals surface area contributed by atoms with Gasteiger partial charge in [-0.25, -0.2) is 0 Å². The zero-order valence-corrected chi connectivity index (χ0v) is 15.8. The first-order valence-electron chi connectivity index (χ1n) is 8.24. The topological polar surface area (TPSA) is 53.2 Å². The highest BCUT2D eigenvalue weighted by Gasteiger charge is 2.57. The summed E-state index contributed by atoms with van der Waals surface area (Å²) in [6, 6.07) is 6.23. The summed E-state index contributed by atoms with van der Waals surface area (Å²) in [4.78, 5) is 12.6. The van der Waals surface area contributed by atoms with E-state index in [0.29, 0.717) is 11.1 Å². The summed E-state index contributed by atoms with van der Waals surface area (Å²) in [6.07, 6.45) is 5.68. The number of piperidine rings is 1. The number of nitrogens with one attached hydrogen (secondary N) is 3. The molecule has 1 atom stereocenters. The molecule has 2 aliphatic carbocycles. The molecule has 0 bridgehead atoms. The van der Waals surface area contributed by atoms with Gasteiger partial charge in [0.25, 0.3) is 0 Å². The summed E-state index contributed by atoms with van der Waals surface area (Å²) >= 11 is 6.10. The molecule has 4 nitrogen and oxygen atoms in total. The molecule has 1 spiro atoms. The zero-order valence-electron chi connectivity index (χ0n) is 13.4. The van der Waals surface area contributed by atoms with Gasteiger partial charge in [-0.2, -0.15) is 0 Å². The second-order valence-corrected chi connectivity index (χ2v) is 7.40. The van der Waals surface area contributed by atoms with Crippen molar-refractivity contribution in [1.29, 1.82) is 0 Å². The molecule has 1 aromatic rings. The monoisotopic (exact) mass is 391 g/mol. The van der Waals surface area contributed by atoms with Crippen LogP contribution in [0.3, 0.4) is 0 Å². The van der Waals surface area contributed by atoms with Gasteiger partial charge in [-0.05, 0) is 68.8 Å². The van der Waals surface area contributed by atoms with Crippen molar-refractivity contribution in [3.05, 3.63) is 23.2 Å². The normalized spacial score (nSPS) is 23.6. The van der Waals surface area contributed by atoms with Gasteiger partial charge in [0.2, 0.25) is 5.91 Å². The van der Waals surface area contributed by atoms with Crippen LogP contribution < -0.4 is 16.0 Å². The zero-order chi connectivity index (χ0) is 15.2. The fourth-order valence-corrected chi connectivity index (χ4v) is 3.78. The van der Waals surface area contributed by atoms with E-state index in [2.05, 4.69) is 16.0 Å². The quantitative estimate of drug-likeness (QED) is 0.723. The Morgan fingerprint density at radius 2 is 1.88 bits per heavy atom. The van der Waals surface area contributed by atoms with Crippen LogP contribution in [-0.4, -0.2) is 25.0 Å². The first-order chi connectivity index (χ1) is 10.7. The third-order valence-electron chi connectivity index (χ3n) is 5.28. The van der Waals surface area contributed by atoms with E-state index in [1.807, 2.05) is 18.2 Å². The van der Waals surface area contributed by atoms with Gasteiger partial charge in [-0.15, -0.1) is 24.8 Å². The van der Waals surface area contributed by atoms with Crippen LogP contribution in [0, 0.1) is 11.3 Å². The lowest BCUT2D eigenvalue weighted by Gasteiger charge is -2.23. The molecule has 134 valence electrons. The molecule has 24 heavy (non-hydrogen) atoms. The van der Waals surface area contributed by atoms with E-state index in [9.17, 15) is 4.79 Å². The highest BCUT2D eigenvalue weighted by molar-refractivity contribution is 6.31. The van der Waals surface area contributed by atoms with Gasteiger partial charge in [0.1, 0.15) is 0 Å². The minimum atomic E-state index is 0. The predicted octanol–water partition coefficient (Wildman–Crippen LogP) is 4.09. The standard InChI is InChI=1S/C17H22ClN3O.2ClH/c18-11-1-4-14(20-12-2-3-12)15(9-11)21-16(22)13-10-17(13)5-7-19-8-6-17;;/h1,4,9,12-13,19-20H,2-3,5-8,10H2,(H,21,22);2*1H. The molecule has 1 aliphatic heterocycles. The Hall–Kier alpha value is -0.680. The van der Waals surface area contributed by atoms with Crippen molar-refractivity contribution in [2.24, 2.45) is 11.3 Å². The highest BCUT2D eigenvalue weighted by atomic mass is 35.5. The number of amides is 1. The Bertz CT molecular complexity index is 601. The maximum atomic E-state index is 12.6. The molecule has 1 unspecified atom stereocenters. The van der Waals surface area contributed by atoms with Gasteiger partial charge in [0, 0.05) is 17.0 Å². The van der Waals surface area contributed by atoms with Crippen LogP contribution in [0.2, 0.25) is 5.02 Å². The Morgan fingerprint density at radius 1 is 1.17 bits per heavy atom. The number of rotatable bonds is 4. The Kier molecular flexibility index (Phi) is 6.29. The molecular weight excluding hydrogens is 369 g/mol. The van der Waals surface area contributed by atoms with Crippen molar-refractivity contribution >= 4 is 53.7 Å². The van der Waals surface area contributed by atoms with Crippen LogP contribution in [0.4, 0.5) is 11.4 Å². The number of carbonyl (C=O) groups excluding carboxylic acids is 1. The van der Waals surface area contributed by atoms with Crippen molar-refractivity contribution in [3.63, 3.8) is 0 Å². The van der Waals surface area contributed by atoms with Gasteiger partial charge in [-0.3, -0.25) is 4.79 Å². The van der Waals surface area contributed by atoms with Crippen LogP contribution in [-0.2, 0) is 4.79 Å². The Labute approximate surface area is 160 Å². The summed E-state index contributed by atoms with van der Waals surface area (Å²) in [5, 5.41) is 10.6. The summed E-state index contributed by atoms with van der Waals surface area (Å²) < 4.78 is 0. The number of benzene rings is 1. The molecule has 1 heterocycles. The van der Waals surface area contributed by atoms with Crippen molar-refractivity contribution < 1.29 is 4.79 Å². The average molecular weight is 393 g/mol. The minimum absolute atomic E-state index is 0. The molecular formula is C17H24Cl3N3O. The lowest BCUT2D eigenvalue weighted by atomic mass is 9.92. The molecule has 7 heteroatoms. The maximum absolute atomic E-state index is 12.6. The van der Waals surface area contributed by atoms with Crippen molar-refractivity contribution in [2.75, 3.05) is 23.7 Å². The molecule has 1 aromatic carbocycles. The molecule has 0 radical (unpaired) electrons. The minimum Gasteiger partial charge on any atom is -0.381 e. The van der Waals surface area contributed by atoms with Gasteiger partial charge in [0.05, 0.1) is 11.4 Å². The van der Waals surface area contributed by atoms with E-state index < -0.39 is 0 Å². The van der Waals surface area contributed by atoms with Crippen molar-refractivity contribution in [3.8, 4) is 0 Å². The third-order valence-corrected chi connectivity index (χ3v) is 5.52. The number of hydrogen-bond donors (Lipinski definition) is 3. The summed E-state index contributed by atoms with van der Waals surface area (Å²) in [6.45, 7) is 2.07. The third kappa shape index (κ3) is 4.10. The molecule has 3 N–H and O–H groups in total. The van der Waals surface area contributed by atoms with Crippen molar-refractivity contribution in [2.45, 2.75) is 38.1 Å². The first-order valence-corrected chi connectivity index (χ1v) is 8.62. The predicted molar refractivity (Wildman–Crippen MR) is 104 cm³/mol. The summed E-state index contributed by atoms with van der Waals surface area (Å²) in [7, 11) is 0. The molecule has 2 saturated carbocycles. The fourth-order valence-electron chi connectivity index (χ4n) is 3.61. The van der Waals surface area contributed by atoms with Crippen LogP contribution in [0.5, 0.6) is 0 Å². The summed E-state index contributed by atoms with van der Waals surface area (Å²) in [5.41, 5.74) is 2.07. The van der Waals surface area contributed by atoms with Crippen LogP contribution >= 0.6 is 36.4 Å². The van der Waals surface area contributed by atoms with E-state index in [1.165, 1.54) is 12.8 Å². The van der Waals surface area contributed by atoms with Gasteiger partial charge >= 0.3 is 0 Å². The van der Waals surface area contributed by atoms with Gasteiger partial charge in [0.15, 0.2) is 0 Å². The number of carbonyl (C=O) groups is 1. The molecule has 4 rings (SSSR count). The van der Waals surface area contributed by atoms with Crippen molar-refractivity contribution in [1.82, 2.24) is 5.32 Å². The average Bonchev–Trinajstić information content (AvgIpc) is 3.41. The van der Waals surface area contributed by atoms with Gasteiger partial charge in [-0.1, -0.05) is 11.6 Å². The second-order valence-electron chi connectivity index (χ2n) is 6.97. The second kappa shape index (κ2) is 7.69. The van der Waals surface area contributed by atoms with E-state index in [-0.39, 0.29) is 42.1 Å². The summed E-state index contributed by atoms with van der Waals surface area (Å²) in [5.74, 6) is 0.324. The molecule has 1 amide bonds. The maximum Gasteiger partial charge on any atom is 0.228 e. The highest BCUT2D eigenvalue weighted by Crippen LogP contribution is 2.58. The Morgan fingerprint density at radius 3 is 2.54 bits per heavy atom. The molecule has 0 aromatic heterocycles. The van der Waals surface area contributed by atoms with E-state index >= 15 is 0 Å². The molecule has 3 fully saturated rings. The van der Waals surface area contributed by atoms with E-state index in [1.54, 1.807) is 0 Å². The number of halogens is 3. The van der Waals surface area contributed by atoms with Crippen LogP contribution in [0.25, 0.3) is 0 Å². The van der Waals surface area contributed by atoms with Gasteiger partial charge < -0.3 is 16.0 Å². The lowest BCUT2D eigenvalue weighted by Crippen LogP contribution is -2.31. The van der Waals surface area contributed by atoms with E-state index in [0.717, 1.165) is 43.7 Å². The number of anilines is 2. The molecule has 3 aliphatic rings. The lowest BCUT2D eigenvalue weighted by molar-refractivity contribution is -0.118. The van der Waals surface area contributed by atoms with Crippen LogP contribution in [0.15, 0.2) is 18.2 Å². The first kappa shape index (κ1) is 19.6. The smallest absolute Gasteiger partial charge is 0.228 e. The largest absolute Gasteiger partial charge is 0.381 e. The SMILES string of the molecule is Cl.Cl.O=C(Nc1cc(Cl)ccc1NC1CC1)C1CC12CCNCC2. The van der Waals surface area contributed by atoms with E-state index in [4.69, 9.17) is 11.6 Å². The van der Waals surface area contributed by atoms with Crippen LogP contribution in [0.1, 0.15) is 32.1 Å².